The second kappa shape index (κ2) is 12.6. The van der Waals surface area contributed by atoms with Crippen molar-refractivity contribution in [3.8, 4) is 11.5 Å². The molecule has 3 rings (SSSR count). The lowest BCUT2D eigenvalue weighted by Gasteiger charge is -2.31. The number of benzene rings is 3. The summed E-state index contributed by atoms with van der Waals surface area (Å²) in [6.45, 7) is 2.38. The number of hydrogen-bond acceptors (Lipinski definition) is 4. The van der Waals surface area contributed by atoms with Crippen LogP contribution in [0.1, 0.15) is 28.7 Å². The van der Waals surface area contributed by atoms with E-state index in [0.717, 1.165) is 22.3 Å². The van der Waals surface area contributed by atoms with E-state index in [4.69, 9.17) is 9.47 Å². The van der Waals surface area contributed by atoms with Gasteiger partial charge in [-0.05, 0) is 42.2 Å². The Bertz CT molecular complexity index is 1110. The topological polar surface area (TPSA) is 67.9 Å². The molecular formula is C29H34N2O4. The van der Waals surface area contributed by atoms with Crippen LogP contribution in [0.15, 0.2) is 72.8 Å². The van der Waals surface area contributed by atoms with E-state index >= 15 is 0 Å². The van der Waals surface area contributed by atoms with E-state index in [1.807, 2.05) is 79.7 Å². The molecule has 3 aromatic rings. The summed E-state index contributed by atoms with van der Waals surface area (Å²) in [5.41, 5.74) is 4.10. The number of nitrogens with zero attached hydrogens (tertiary/aromatic N) is 1. The standard InChI is InChI=1S/C29H34N2O4/c1-21-10-12-24(13-11-21)20-31(25(29(33)30-2)18-22-8-6-5-7-9-22)28(32)17-15-23-14-16-26(34-3)27(19-23)35-4/h5-14,16,19,25H,15,17-18,20H2,1-4H3,(H,30,33)/t25-/m1/s1. The smallest absolute Gasteiger partial charge is 0.242 e. The summed E-state index contributed by atoms with van der Waals surface area (Å²) in [5, 5.41) is 2.75. The van der Waals surface area contributed by atoms with Crippen LogP contribution in [-0.2, 0) is 29.0 Å². The van der Waals surface area contributed by atoms with Crippen molar-refractivity contribution in [3.05, 3.63) is 95.1 Å². The number of methoxy groups -OCH3 is 2. The van der Waals surface area contributed by atoms with E-state index in [1.54, 1.807) is 26.2 Å². The molecule has 184 valence electrons. The minimum Gasteiger partial charge on any atom is -0.493 e. The molecule has 0 bridgehead atoms. The van der Waals surface area contributed by atoms with Crippen molar-refractivity contribution in [2.75, 3.05) is 21.3 Å². The molecule has 0 aliphatic rings. The molecule has 3 aromatic carbocycles. The fraction of sp³-hybridized carbons (Fsp3) is 0.310. The first-order valence-corrected chi connectivity index (χ1v) is 11.8. The van der Waals surface area contributed by atoms with Gasteiger partial charge in [0.25, 0.3) is 0 Å². The molecule has 6 heteroatoms. The van der Waals surface area contributed by atoms with Crippen LogP contribution in [0, 0.1) is 6.92 Å². The first-order valence-electron chi connectivity index (χ1n) is 11.8. The zero-order valence-corrected chi connectivity index (χ0v) is 20.9. The van der Waals surface area contributed by atoms with Crippen molar-refractivity contribution in [1.29, 1.82) is 0 Å². The van der Waals surface area contributed by atoms with E-state index in [0.29, 0.717) is 30.9 Å². The lowest BCUT2D eigenvalue weighted by molar-refractivity contribution is -0.141. The van der Waals surface area contributed by atoms with Gasteiger partial charge in [0.05, 0.1) is 14.2 Å². The van der Waals surface area contributed by atoms with Crippen molar-refractivity contribution < 1.29 is 19.1 Å². The van der Waals surface area contributed by atoms with Crippen LogP contribution >= 0.6 is 0 Å². The number of carbonyl (C=O) groups is 2. The third-order valence-corrected chi connectivity index (χ3v) is 6.07. The molecule has 0 fully saturated rings. The monoisotopic (exact) mass is 474 g/mol. The molecule has 0 saturated heterocycles. The molecule has 6 nitrogen and oxygen atoms in total. The molecular weight excluding hydrogens is 440 g/mol. The van der Waals surface area contributed by atoms with Gasteiger partial charge >= 0.3 is 0 Å². The lowest BCUT2D eigenvalue weighted by Crippen LogP contribution is -2.49. The number of carbonyl (C=O) groups excluding carboxylic acids is 2. The Morgan fingerprint density at radius 2 is 1.51 bits per heavy atom. The maximum Gasteiger partial charge on any atom is 0.242 e. The number of rotatable bonds is 11. The van der Waals surface area contributed by atoms with Crippen LogP contribution in [0.4, 0.5) is 0 Å². The second-order valence-electron chi connectivity index (χ2n) is 8.52. The minimum atomic E-state index is -0.624. The van der Waals surface area contributed by atoms with Crippen molar-refractivity contribution >= 4 is 11.8 Å². The van der Waals surface area contributed by atoms with Crippen LogP contribution in [0.2, 0.25) is 0 Å². The van der Waals surface area contributed by atoms with Crippen LogP contribution in [0.25, 0.3) is 0 Å². The highest BCUT2D eigenvalue weighted by molar-refractivity contribution is 5.88. The quantitative estimate of drug-likeness (QED) is 0.449. The van der Waals surface area contributed by atoms with Gasteiger partial charge in [0.15, 0.2) is 11.5 Å². The predicted molar refractivity (Wildman–Crippen MR) is 138 cm³/mol. The second-order valence-corrected chi connectivity index (χ2v) is 8.52. The van der Waals surface area contributed by atoms with Gasteiger partial charge in [0, 0.05) is 26.4 Å². The average molecular weight is 475 g/mol. The predicted octanol–water partition coefficient (Wildman–Crippen LogP) is 4.33. The Kier molecular flexibility index (Phi) is 9.30. The Labute approximate surface area is 207 Å². The Balaban J connectivity index is 1.86. The fourth-order valence-corrected chi connectivity index (χ4v) is 4.04. The van der Waals surface area contributed by atoms with Crippen LogP contribution < -0.4 is 14.8 Å². The molecule has 35 heavy (non-hydrogen) atoms. The SMILES string of the molecule is CNC(=O)[C@@H](Cc1ccccc1)N(Cc1ccc(C)cc1)C(=O)CCc1ccc(OC)c(OC)c1. The number of amides is 2. The number of aryl methyl sites for hydroxylation is 2. The van der Waals surface area contributed by atoms with Gasteiger partial charge in [0.1, 0.15) is 6.04 Å². The van der Waals surface area contributed by atoms with E-state index in [9.17, 15) is 9.59 Å². The maximum absolute atomic E-state index is 13.6. The number of hydrogen-bond donors (Lipinski definition) is 1. The summed E-state index contributed by atoms with van der Waals surface area (Å²) < 4.78 is 10.7. The lowest BCUT2D eigenvalue weighted by atomic mass is 10.0. The average Bonchev–Trinajstić information content (AvgIpc) is 2.90. The van der Waals surface area contributed by atoms with E-state index < -0.39 is 6.04 Å². The number of nitrogens with one attached hydrogen (secondary N) is 1. The van der Waals surface area contributed by atoms with Crippen molar-refractivity contribution in [2.24, 2.45) is 0 Å². The van der Waals surface area contributed by atoms with Crippen molar-refractivity contribution in [1.82, 2.24) is 10.2 Å². The van der Waals surface area contributed by atoms with Crippen LogP contribution in [0.5, 0.6) is 11.5 Å². The zero-order chi connectivity index (χ0) is 25.2. The zero-order valence-electron chi connectivity index (χ0n) is 20.9. The van der Waals surface area contributed by atoms with Crippen molar-refractivity contribution in [3.63, 3.8) is 0 Å². The Hall–Kier alpha value is -3.80. The minimum absolute atomic E-state index is 0.0788. The van der Waals surface area contributed by atoms with Gasteiger partial charge < -0.3 is 19.7 Å². The van der Waals surface area contributed by atoms with Gasteiger partial charge in [-0.25, -0.2) is 0 Å². The maximum atomic E-state index is 13.6. The summed E-state index contributed by atoms with van der Waals surface area (Å²) in [5.74, 6) is 1.01. The normalized spacial score (nSPS) is 11.4. The van der Waals surface area contributed by atoms with E-state index in [2.05, 4.69) is 5.32 Å². The first-order chi connectivity index (χ1) is 16.9. The highest BCUT2D eigenvalue weighted by atomic mass is 16.5. The van der Waals surface area contributed by atoms with Gasteiger partial charge in [-0.3, -0.25) is 9.59 Å². The largest absolute Gasteiger partial charge is 0.493 e. The van der Waals surface area contributed by atoms with E-state index in [1.165, 1.54) is 0 Å². The molecule has 0 aliphatic heterocycles. The summed E-state index contributed by atoms with van der Waals surface area (Å²) in [7, 11) is 4.79. The van der Waals surface area contributed by atoms with Gasteiger partial charge in [-0.15, -0.1) is 0 Å². The van der Waals surface area contributed by atoms with Crippen molar-refractivity contribution in [2.45, 2.75) is 38.8 Å². The third kappa shape index (κ3) is 7.09. The summed E-state index contributed by atoms with van der Waals surface area (Å²) in [6, 6.07) is 22.9. The highest BCUT2D eigenvalue weighted by Crippen LogP contribution is 2.28. The molecule has 0 aromatic heterocycles. The highest BCUT2D eigenvalue weighted by Gasteiger charge is 2.29. The van der Waals surface area contributed by atoms with Crippen LogP contribution in [-0.4, -0.2) is 44.0 Å². The molecule has 0 spiro atoms. The molecule has 1 atom stereocenters. The molecule has 2 amide bonds. The molecule has 0 saturated carbocycles. The van der Waals surface area contributed by atoms with Gasteiger partial charge in [0.2, 0.25) is 11.8 Å². The van der Waals surface area contributed by atoms with Gasteiger partial charge in [-0.1, -0.05) is 66.2 Å². The van der Waals surface area contributed by atoms with Crippen LogP contribution in [0.3, 0.4) is 0 Å². The molecule has 0 radical (unpaired) electrons. The summed E-state index contributed by atoms with van der Waals surface area (Å²) >= 11 is 0. The fourth-order valence-electron chi connectivity index (χ4n) is 4.04. The summed E-state index contributed by atoms with van der Waals surface area (Å²) in [6.07, 6.45) is 1.23. The Morgan fingerprint density at radius 3 is 2.14 bits per heavy atom. The first kappa shape index (κ1) is 25.8. The number of ether oxygens (including phenoxy) is 2. The molecule has 0 aliphatic carbocycles. The molecule has 0 unspecified atom stereocenters. The summed E-state index contributed by atoms with van der Waals surface area (Å²) in [4.78, 5) is 28.3. The molecule has 1 N–H and O–H groups in total. The third-order valence-electron chi connectivity index (χ3n) is 6.07. The van der Waals surface area contributed by atoms with Gasteiger partial charge in [-0.2, -0.15) is 0 Å². The Morgan fingerprint density at radius 1 is 0.857 bits per heavy atom. The van der Waals surface area contributed by atoms with E-state index in [-0.39, 0.29) is 18.2 Å². The number of likely N-dealkylation sites (N-methyl/N-ethyl adjacent to an activating group) is 1. The molecule has 0 heterocycles.